The van der Waals surface area contributed by atoms with Crippen LogP contribution in [0.1, 0.15) is 15.9 Å². The van der Waals surface area contributed by atoms with E-state index in [1.54, 1.807) is 31.2 Å². The summed E-state index contributed by atoms with van der Waals surface area (Å²) in [5, 5.41) is 22.2. The van der Waals surface area contributed by atoms with Crippen molar-refractivity contribution in [2.24, 2.45) is 0 Å². The van der Waals surface area contributed by atoms with E-state index >= 15 is 0 Å². The number of hydrogen-bond acceptors (Lipinski definition) is 5. The Morgan fingerprint density at radius 2 is 1.89 bits per heavy atom. The van der Waals surface area contributed by atoms with Crippen LogP contribution < -0.4 is 5.32 Å². The lowest BCUT2D eigenvalue weighted by Crippen LogP contribution is -2.14. The van der Waals surface area contributed by atoms with E-state index in [0.29, 0.717) is 17.1 Å². The SMILES string of the molecule is Cc1c(C(=O)Nc2cccc(-c3nnc4ccccn34)c2)cccc1[N+](=O)[O-]. The number of pyridine rings is 1. The summed E-state index contributed by atoms with van der Waals surface area (Å²) in [4.78, 5) is 23.3. The predicted molar refractivity (Wildman–Crippen MR) is 104 cm³/mol. The van der Waals surface area contributed by atoms with Gasteiger partial charge < -0.3 is 5.32 Å². The summed E-state index contributed by atoms with van der Waals surface area (Å²) < 4.78 is 1.85. The van der Waals surface area contributed by atoms with Gasteiger partial charge in [0, 0.05) is 34.6 Å². The van der Waals surface area contributed by atoms with Crippen molar-refractivity contribution in [2.45, 2.75) is 6.92 Å². The van der Waals surface area contributed by atoms with E-state index in [0.717, 1.165) is 11.2 Å². The number of nitrogens with one attached hydrogen (secondary N) is 1. The number of fused-ring (bicyclic) bond motifs is 1. The maximum atomic E-state index is 12.7. The number of anilines is 1. The van der Waals surface area contributed by atoms with Crippen molar-refractivity contribution in [3.8, 4) is 11.4 Å². The number of nitrogens with zero attached hydrogens (tertiary/aromatic N) is 4. The van der Waals surface area contributed by atoms with Gasteiger partial charge >= 0.3 is 0 Å². The fourth-order valence-corrected chi connectivity index (χ4v) is 3.04. The molecule has 0 atom stereocenters. The average Bonchev–Trinajstić information content (AvgIpc) is 3.12. The van der Waals surface area contributed by atoms with Crippen molar-refractivity contribution in [1.82, 2.24) is 14.6 Å². The molecule has 8 heteroatoms. The van der Waals surface area contributed by atoms with Crippen LogP contribution >= 0.6 is 0 Å². The number of aromatic nitrogens is 3. The molecular formula is C20H15N5O3. The standard InChI is InChI=1S/C20H15N5O3/c1-13-16(8-5-9-17(13)25(27)28)20(26)21-15-7-4-6-14(12-15)19-23-22-18-10-2-3-11-24(18)19/h2-12H,1H3,(H,21,26). The van der Waals surface area contributed by atoms with Crippen LogP contribution in [0.25, 0.3) is 17.0 Å². The molecule has 4 rings (SSSR count). The molecule has 1 N–H and O–H groups in total. The van der Waals surface area contributed by atoms with Crippen LogP contribution in [0.2, 0.25) is 0 Å². The van der Waals surface area contributed by atoms with Crippen molar-refractivity contribution < 1.29 is 9.72 Å². The monoisotopic (exact) mass is 373 g/mol. The Labute approximate surface area is 159 Å². The third-order valence-corrected chi connectivity index (χ3v) is 4.44. The second-order valence-electron chi connectivity index (χ2n) is 6.19. The van der Waals surface area contributed by atoms with Gasteiger partial charge in [-0.25, -0.2) is 0 Å². The molecule has 138 valence electrons. The molecule has 2 aromatic carbocycles. The molecule has 0 unspecified atom stereocenters. The highest BCUT2D eigenvalue weighted by molar-refractivity contribution is 6.06. The Kier molecular flexibility index (Phi) is 4.29. The summed E-state index contributed by atoms with van der Waals surface area (Å²) in [6.45, 7) is 1.56. The number of nitro groups is 1. The fraction of sp³-hybridized carbons (Fsp3) is 0.0500. The molecule has 28 heavy (non-hydrogen) atoms. The minimum Gasteiger partial charge on any atom is -0.322 e. The van der Waals surface area contributed by atoms with Gasteiger partial charge in [-0.15, -0.1) is 10.2 Å². The molecule has 0 aliphatic carbocycles. The highest BCUT2D eigenvalue weighted by Crippen LogP contribution is 2.24. The largest absolute Gasteiger partial charge is 0.322 e. The van der Waals surface area contributed by atoms with Crippen molar-refractivity contribution >= 4 is 22.9 Å². The molecule has 0 saturated heterocycles. The van der Waals surface area contributed by atoms with Gasteiger partial charge in [0.2, 0.25) is 0 Å². The van der Waals surface area contributed by atoms with E-state index in [1.807, 2.05) is 34.9 Å². The van der Waals surface area contributed by atoms with Crippen molar-refractivity contribution in [3.63, 3.8) is 0 Å². The molecule has 0 bridgehead atoms. The van der Waals surface area contributed by atoms with Crippen molar-refractivity contribution in [1.29, 1.82) is 0 Å². The number of benzene rings is 2. The number of rotatable bonds is 4. The molecular weight excluding hydrogens is 358 g/mol. The molecule has 8 nitrogen and oxygen atoms in total. The van der Waals surface area contributed by atoms with Gasteiger partial charge in [-0.3, -0.25) is 19.3 Å². The first-order valence-corrected chi connectivity index (χ1v) is 8.50. The van der Waals surface area contributed by atoms with Crippen LogP contribution in [0, 0.1) is 17.0 Å². The molecule has 2 heterocycles. The summed E-state index contributed by atoms with van der Waals surface area (Å²) in [5.74, 6) is 0.239. The van der Waals surface area contributed by atoms with Gasteiger partial charge in [-0.05, 0) is 37.3 Å². The molecule has 0 radical (unpaired) electrons. The maximum Gasteiger partial charge on any atom is 0.273 e. The normalized spacial score (nSPS) is 10.8. The van der Waals surface area contributed by atoms with Gasteiger partial charge in [-0.2, -0.15) is 0 Å². The number of hydrogen-bond donors (Lipinski definition) is 1. The first kappa shape index (κ1) is 17.3. The quantitative estimate of drug-likeness (QED) is 0.432. The fourth-order valence-electron chi connectivity index (χ4n) is 3.04. The number of carbonyl (C=O) groups excluding carboxylic acids is 1. The summed E-state index contributed by atoms with van der Waals surface area (Å²) >= 11 is 0. The van der Waals surface area contributed by atoms with Crippen LogP contribution in [-0.2, 0) is 0 Å². The summed E-state index contributed by atoms with van der Waals surface area (Å²) in [5.41, 5.74) is 2.56. The summed E-state index contributed by atoms with van der Waals surface area (Å²) in [7, 11) is 0. The number of carbonyl (C=O) groups is 1. The van der Waals surface area contributed by atoms with Gasteiger partial charge in [0.25, 0.3) is 11.6 Å². The molecule has 0 fully saturated rings. The zero-order chi connectivity index (χ0) is 19.7. The topological polar surface area (TPSA) is 102 Å². The third kappa shape index (κ3) is 3.07. The molecule has 2 aromatic heterocycles. The number of amides is 1. The van der Waals surface area contributed by atoms with Crippen molar-refractivity contribution in [3.05, 3.63) is 88.1 Å². The molecule has 0 spiro atoms. The van der Waals surface area contributed by atoms with E-state index in [1.165, 1.54) is 12.1 Å². The Bertz CT molecular complexity index is 1220. The second kappa shape index (κ2) is 6.92. The first-order valence-electron chi connectivity index (χ1n) is 8.50. The summed E-state index contributed by atoms with van der Waals surface area (Å²) in [6.07, 6.45) is 1.86. The van der Waals surface area contributed by atoms with Gasteiger partial charge in [0.15, 0.2) is 11.5 Å². The highest BCUT2D eigenvalue weighted by atomic mass is 16.6. The molecule has 0 saturated carbocycles. The lowest BCUT2D eigenvalue weighted by atomic mass is 10.1. The predicted octanol–water partition coefficient (Wildman–Crippen LogP) is 3.87. The molecule has 4 aromatic rings. The molecule has 1 amide bonds. The van der Waals surface area contributed by atoms with E-state index in [-0.39, 0.29) is 11.3 Å². The Morgan fingerprint density at radius 1 is 1.07 bits per heavy atom. The van der Waals surface area contributed by atoms with Gasteiger partial charge in [-0.1, -0.05) is 24.3 Å². The lowest BCUT2D eigenvalue weighted by Gasteiger charge is -2.09. The Hall–Kier alpha value is -4.07. The summed E-state index contributed by atoms with van der Waals surface area (Å²) in [6, 6.07) is 17.3. The molecule has 0 aliphatic heterocycles. The Balaban J connectivity index is 1.65. The maximum absolute atomic E-state index is 12.7. The van der Waals surface area contributed by atoms with Gasteiger partial charge in [0.1, 0.15) is 0 Å². The minimum absolute atomic E-state index is 0.0867. The third-order valence-electron chi connectivity index (χ3n) is 4.44. The smallest absolute Gasteiger partial charge is 0.273 e. The van der Waals surface area contributed by atoms with Crippen LogP contribution in [0.5, 0.6) is 0 Å². The van der Waals surface area contributed by atoms with Crippen LogP contribution in [-0.4, -0.2) is 25.4 Å². The highest BCUT2D eigenvalue weighted by Gasteiger charge is 2.18. The average molecular weight is 373 g/mol. The number of nitro benzene ring substituents is 1. The zero-order valence-electron chi connectivity index (χ0n) is 14.9. The first-order chi connectivity index (χ1) is 13.5. The van der Waals surface area contributed by atoms with Gasteiger partial charge in [0.05, 0.1) is 4.92 Å². The van der Waals surface area contributed by atoms with E-state index in [4.69, 9.17) is 0 Å². The minimum atomic E-state index is -0.497. The van der Waals surface area contributed by atoms with Crippen LogP contribution in [0.3, 0.4) is 0 Å². The zero-order valence-corrected chi connectivity index (χ0v) is 14.9. The lowest BCUT2D eigenvalue weighted by molar-refractivity contribution is -0.385. The Morgan fingerprint density at radius 3 is 2.71 bits per heavy atom. The second-order valence-corrected chi connectivity index (χ2v) is 6.19. The van der Waals surface area contributed by atoms with E-state index in [2.05, 4.69) is 15.5 Å². The van der Waals surface area contributed by atoms with E-state index < -0.39 is 10.8 Å². The van der Waals surface area contributed by atoms with Crippen LogP contribution in [0.4, 0.5) is 11.4 Å². The molecule has 0 aliphatic rings. The van der Waals surface area contributed by atoms with E-state index in [9.17, 15) is 14.9 Å². The van der Waals surface area contributed by atoms with Crippen LogP contribution in [0.15, 0.2) is 66.9 Å². The van der Waals surface area contributed by atoms with Crippen molar-refractivity contribution in [2.75, 3.05) is 5.32 Å².